The molecule has 0 saturated carbocycles. The Morgan fingerprint density at radius 3 is 3.11 bits per heavy atom. The summed E-state index contributed by atoms with van der Waals surface area (Å²) in [6.45, 7) is 1.12. The molecular weight excluding hydrogens is 222 g/mol. The molecule has 0 fully saturated rings. The molecule has 1 aliphatic heterocycles. The number of rotatable bonds is 1. The van der Waals surface area contributed by atoms with E-state index in [0.717, 1.165) is 31.5 Å². The van der Waals surface area contributed by atoms with Crippen molar-refractivity contribution in [2.45, 2.75) is 38.3 Å². The maximum atomic E-state index is 6.14. The molecule has 2 aliphatic rings. The van der Waals surface area contributed by atoms with Crippen LogP contribution in [-0.4, -0.2) is 9.55 Å². The molecule has 0 amide bonds. The van der Waals surface area contributed by atoms with Crippen molar-refractivity contribution in [1.82, 2.24) is 9.55 Å². The summed E-state index contributed by atoms with van der Waals surface area (Å²) in [5.41, 5.74) is 11.2. The Labute approximate surface area is 107 Å². The minimum absolute atomic E-state index is 0.217. The van der Waals surface area contributed by atoms with Gasteiger partial charge in [-0.2, -0.15) is 0 Å². The van der Waals surface area contributed by atoms with Gasteiger partial charge in [-0.3, -0.25) is 0 Å². The van der Waals surface area contributed by atoms with Gasteiger partial charge in [-0.15, -0.1) is 0 Å². The normalized spacial score (nSPS) is 21.1. The first kappa shape index (κ1) is 10.3. The van der Waals surface area contributed by atoms with Crippen LogP contribution in [0.1, 0.15) is 35.8 Å². The molecule has 0 bridgehead atoms. The van der Waals surface area contributed by atoms with E-state index in [0.29, 0.717) is 0 Å². The van der Waals surface area contributed by atoms with E-state index in [1.165, 1.54) is 28.9 Å². The Hall–Kier alpha value is -1.61. The quantitative estimate of drug-likeness (QED) is 0.830. The van der Waals surface area contributed by atoms with Gasteiger partial charge in [-0.1, -0.05) is 12.1 Å². The Balaban J connectivity index is 1.78. The zero-order valence-corrected chi connectivity index (χ0v) is 10.4. The van der Waals surface area contributed by atoms with Crippen molar-refractivity contribution < 1.29 is 0 Å². The van der Waals surface area contributed by atoms with Crippen LogP contribution in [0.15, 0.2) is 24.4 Å². The molecule has 92 valence electrons. The Morgan fingerprint density at radius 2 is 2.22 bits per heavy atom. The highest BCUT2D eigenvalue weighted by Crippen LogP contribution is 2.33. The molecule has 0 spiro atoms. The highest BCUT2D eigenvalue weighted by molar-refractivity contribution is 5.62. The second-order valence-corrected chi connectivity index (χ2v) is 5.40. The number of aryl methyl sites for hydroxylation is 3. The largest absolute Gasteiger partial charge is 0.334 e. The predicted molar refractivity (Wildman–Crippen MR) is 71.2 cm³/mol. The van der Waals surface area contributed by atoms with E-state index in [1.807, 2.05) is 0 Å². The maximum Gasteiger partial charge on any atom is 0.109 e. The summed E-state index contributed by atoms with van der Waals surface area (Å²) in [6, 6.07) is 6.87. The predicted octanol–water partition coefficient (Wildman–Crippen LogP) is 2.44. The molecule has 1 atom stereocenters. The van der Waals surface area contributed by atoms with Gasteiger partial charge < -0.3 is 10.3 Å². The molecule has 2 N–H and O–H groups in total. The number of hydrogen-bond acceptors (Lipinski definition) is 2. The second kappa shape index (κ2) is 3.69. The van der Waals surface area contributed by atoms with E-state index in [1.54, 1.807) is 0 Å². The Kier molecular flexibility index (Phi) is 2.12. The zero-order chi connectivity index (χ0) is 12.1. The van der Waals surface area contributed by atoms with Crippen molar-refractivity contribution in [1.29, 1.82) is 0 Å². The van der Waals surface area contributed by atoms with E-state index < -0.39 is 0 Å². The highest BCUT2D eigenvalue weighted by Gasteiger charge is 2.20. The van der Waals surface area contributed by atoms with Gasteiger partial charge in [0.25, 0.3) is 0 Å². The number of hydrogen-bond donors (Lipinski definition) is 1. The van der Waals surface area contributed by atoms with Crippen LogP contribution in [0.4, 0.5) is 0 Å². The summed E-state index contributed by atoms with van der Waals surface area (Å²) < 4.78 is 2.28. The molecule has 0 saturated heterocycles. The monoisotopic (exact) mass is 239 g/mol. The summed E-state index contributed by atoms with van der Waals surface area (Å²) in [5.74, 6) is 1.23. The fourth-order valence-electron chi connectivity index (χ4n) is 3.19. The van der Waals surface area contributed by atoms with Crippen LogP contribution in [0.3, 0.4) is 0 Å². The first-order chi connectivity index (χ1) is 8.81. The van der Waals surface area contributed by atoms with Crippen molar-refractivity contribution in [3.05, 3.63) is 41.3 Å². The number of nitrogens with zero attached hydrogens (tertiary/aromatic N) is 2. The van der Waals surface area contributed by atoms with Gasteiger partial charge in [0.2, 0.25) is 0 Å². The van der Waals surface area contributed by atoms with Crippen LogP contribution in [0.5, 0.6) is 0 Å². The van der Waals surface area contributed by atoms with Crippen molar-refractivity contribution in [2.75, 3.05) is 0 Å². The Morgan fingerprint density at radius 1 is 1.28 bits per heavy atom. The smallest absolute Gasteiger partial charge is 0.109 e. The third-order valence-corrected chi connectivity index (χ3v) is 4.22. The lowest BCUT2D eigenvalue weighted by atomic mass is 10.0. The van der Waals surface area contributed by atoms with E-state index in [-0.39, 0.29) is 6.04 Å². The average Bonchev–Trinajstić information content (AvgIpc) is 3.03. The van der Waals surface area contributed by atoms with Crippen LogP contribution in [0, 0.1) is 0 Å². The summed E-state index contributed by atoms with van der Waals surface area (Å²) in [6.07, 6.45) is 6.74. The number of fused-ring (bicyclic) bond motifs is 2. The maximum absolute atomic E-state index is 6.14. The summed E-state index contributed by atoms with van der Waals surface area (Å²) >= 11 is 0. The minimum Gasteiger partial charge on any atom is -0.334 e. The number of benzene rings is 1. The first-order valence-electron chi connectivity index (χ1n) is 6.76. The molecule has 1 aromatic carbocycles. The topological polar surface area (TPSA) is 43.8 Å². The molecule has 0 radical (unpaired) electrons. The molecular formula is C15H17N3. The summed E-state index contributed by atoms with van der Waals surface area (Å²) in [7, 11) is 0. The van der Waals surface area contributed by atoms with Crippen molar-refractivity contribution in [3.8, 4) is 11.3 Å². The molecule has 1 aromatic heterocycles. The second-order valence-electron chi connectivity index (χ2n) is 5.40. The fraction of sp³-hybridized carbons (Fsp3) is 0.400. The zero-order valence-electron chi connectivity index (χ0n) is 10.4. The van der Waals surface area contributed by atoms with Gasteiger partial charge in [0.15, 0.2) is 0 Å². The number of imidazole rings is 1. The molecule has 18 heavy (non-hydrogen) atoms. The van der Waals surface area contributed by atoms with Gasteiger partial charge >= 0.3 is 0 Å². The van der Waals surface area contributed by atoms with Crippen molar-refractivity contribution >= 4 is 0 Å². The van der Waals surface area contributed by atoms with Crippen LogP contribution >= 0.6 is 0 Å². The molecule has 3 heteroatoms. The molecule has 0 unspecified atom stereocenters. The average molecular weight is 239 g/mol. The molecule has 1 aliphatic carbocycles. The fourth-order valence-corrected chi connectivity index (χ4v) is 3.19. The van der Waals surface area contributed by atoms with Gasteiger partial charge in [0.05, 0.1) is 5.69 Å². The van der Waals surface area contributed by atoms with Gasteiger partial charge in [0.1, 0.15) is 5.82 Å². The molecule has 2 heterocycles. The van der Waals surface area contributed by atoms with E-state index in [4.69, 9.17) is 10.7 Å². The third-order valence-electron chi connectivity index (χ3n) is 4.22. The van der Waals surface area contributed by atoms with Crippen LogP contribution < -0.4 is 5.73 Å². The Bertz CT molecular complexity index is 591. The third kappa shape index (κ3) is 1.44. The summed E-state index contributed by atoms with van der Waals surface area (Å²) in [5, 5.41) is 0. The number of aromatic nitrogens is 2. The van der Waals surface area contributed by atoms with Crippen LogP contribution in [-0.2, 0) is 19.4 Å². The molecule has 4 rings (SSSR count). The highest BCUT2D eigenvalue weighted by atomic mass is 15.1. The van der Waals surface area contributed by atoms with E-state index in [2.05, 4.69) is 29.0 Å². The SMILES string of the molecule is N[C@@H]1CCc2ccc(-c3cn4c(n3)CCC4)cc21. The summed E-state index contributed by atoms with van der Waals surface area (Å²) in [4.78, 5) is 4.73. The van der Waals surface area contributed by atoms with Crippen molar-refractivity contribution in [3.63, 3.8) is 0 Å². The van der Waals surface area contributed by atoms with Gasteiger partial charge in [-0.25, -0.2) is 4.98 Å². The lowest BCUT2D eigenvalue weighted by Gasteiger charge is -2.06. The van der Waals surface area contributed by atoms with Gasteiger partial charge in [0, 0.05) is 30.8 Å². The minimum atomic E-state index is 0.217. The number of nitrogens with two attached hydrogens (primary N) is 1. The lowest BCUT2D eigenvalue weighted by molar-refractivity contribution is 0.713. The van der Waals surface area contributed by atoms with Crippen LogP contribution in [0.25, 0.3) is 11.3 Å². The molecule has 2 aromatic rings. The van der Waals surface area contributed by atoms with Gasteiger partial charge in [-0.05, 0) is 36.5 Å². The van der Waals surface area contributed by atoms with Crippen LogP contribution in [0.2, 0.25) is 0 Å². The first-order valence-corrected chi connectivity index (χ1v) is 6.76. The standard InChI is InChI=1S/C15H17N3/c16-13-6-5-10-3-4-11(8-12(10)13)14-9-18-7-1-2-15(18)17-14/h3-4,8-9,13H,1-2,5-7,16H2/t13-/m1/s1. The van der Waals surface area contributed by atoms with Crippen molar-refractivity contribution in [2.24, 2.45) is 5.73 Å². The van der Waals surface area contributed by atoms with E-state index in [9.17, 15) is 0 Å². The lowest BCUT2D eigenvalue weighted by Crippen LogP contribution is -2.05. The molecule has 3 nitrogen and oxygen atoms in total. The van der Waals surface area contributed by atoms with E-state index >= 15 is 0 Å².